The Bertz CT molecular complexity index is 467. The van der Waals surface area contributed by atoms with Crippen LogP contribution in [0.3, 0.4) is 0 Å². The lowest BCUT2D eigenvalue weighted by Gasteiger charge is -1.97. The lowest BCUT2D eigenvalue weighted by Crippen LogP contribution is -2.03. The summed E-state index contributed by atoms with van der Waals surface area (Å²) in [4.78, 5) is 18.2. The number of hydrogen-bond acceptors (Lipinski definition) is 5. The van der Waals surface area contributed by atoms with Crippen LogP contribution in [0.15, 0.2) is 29.2 Å². The first-order chi connectivity index (χ1) is 7.25. The van der Waals surface area contributed by atoms with Crippen LogP contribution >= 0.6 is 0 Å². The minimum absolute atomic E-state index is 0.0245. The number of carboxylic acid groups (broad SMARTS) is 1. The predicted molar refractivity (Wildman–Crippen MR) is 48.3 cm³/mol. The van der Waals surface area contributed by atoms with Crippen LogP contribution in [0, 0.1) is 0 Å². The summed E-state index contributed by atoms with van der Waals surface area (Å²) in [5, 5.41) is 12.4. The van der Waals surface area contributed by atoms with E-state index >= 15 is 0 Å². The molecule has 2 rings (SSSR count). The Morgan fingerprint density at radius 3 is 2.93 bits per heavy atom. The van der Waals surface area contributed by atoms with Crippen molar-refractivity contribution in [2.45, 2.75) is 6.42 Å². The molecule has 0 saturated carbocycles. The van der Waals surface area contributed by atoms with Crippen LogP contribution in [0.1, 0.15) is 21.9 Å². The van der Waals surface area contributed by atoms with Crippen molar-refractivity contribution in [2.75, 3.05) is 0 Å². The van der Waals surface area contributed by atoms with Gasteiger partial charge in [-0.3, -0.25) is 0 Å². The Morgan fingerprint density at radius 2 is 2.27 bits per heavy atom. The van der Waals surface area contributed by atoms with Crippen LogP contribution in [-0.2, 0) is 6.42 Å². The van der Waals surface area contributed by atoms with E-state index in [1.165, 1.54) is 18.7 Å². The molecule has 0 aromatic carbocycles. The molecule has 6 nitrogen and oxygen atoms in total. The topological polar surface area (TPSA) is 89.1 Å². The van der Waals surface area contributed by atoms with Gasteiger partial charge in [0.05, 0.1) is 11.4 Å². The summed E-state index contributed by atoms with van der Waals surface area (Å²) in [5.41, 5.74) is 1.27. The van der Waals surface area contributed by atoms with E-state index < -0.39 is 5.97 Å². The normalized spacial score (nSPS) is 10.1. The molecule has 0 bridgehead atoms. The molecule has 0 radical (unpaired) electrons. The highest BCUT2D eigenvalue weighted by Crippen LogP contribution is 2.05. The monoisotopic (exact) mass is 205 g/mol. The van der Waals surface area contributed by atoms with Gasteiger partial charge in [0.25, 0.3) is 0 Å². The van der Waals surface area contributed by atoms with Crippen LogP contribution in [0.4, 0.5) is 0 Å². The third kappa shape index (κ3) is 2.16. The minimum atomic E-state index is -1.07. The zero-order chi connectivity index (χ0) is 10.7. The highest BCUT2D eigenvalue weighted by Gasteiger charge is 2.07. The van der Waals surface area contributed by atoms with E-state index in [1.807, 2.05) is 0 Å². The van der Waals surface area contributed by atoms with Crippen molar-refractivity contribution in [3.8, 4) is 0 Å². The van der Waals surface area contributed by atoms with E-state index in [9.17, 15) is 4.79 Å². The average Bonchev–Trinajstić information content (AvgIpc) is 2.71. The maximum absolute atomic E-state index is 10.6. The Balaban J connectivity index is 2.22. The van der Waals surface area contributed by atoms with E-state index in [-0.39, 0.29) is 5.69 Å². The minimum Gasteiger partial charge on any atom is -0.477 e. The van der Waals surface area contributed by atoms with Crippen molar-refractivity contribution in [3.05, 3.63) is 41.8 Å². The smallest absolute Gasteiger partial charge is 0.354 e. The molecule has 2 aromatic heterocycles. The fourth-order valence-electron chi connectivity index (χ4n) is 1.13. The second-order valence-electron chi connectivity index (χ2n) is 2.87. The highest BCUT2D eigenvalue weighted by molar-refractivity contribution is 5.85. The summed E-state index contributed by atoms with van der Waals surface area (Å²) in [5.74, 6) is -1.07. The standard InChI is InChI=1S/C9H7N3O3/c13-9(14)8-4-7(10-5-11-8)3-6-1-2-15-12-6/h1-2,4-5H,3H2,(H,13,14). The summed E-state index contributed by atoms with van der Waals surface area (Å²) < 4.78 is 4.65. The van der Waals surface area contributed by atoms with Gasteiger partial charge in [0.1, 0.15) is 12.6 Å². The highest BCUT2D eigenvalue weighted by atomic mass is 16.5. The average molecular weight is 205 g/mol. The largest absolute Gasteiger partial charge is 0.477 e. The lowest BCUT2D eigenvalue weighted by atomic mass is 10.2. The molecule has 0 spiro atoms. The molecule has 1 N–H and O–H groups in total. The summed E-state index contributed by atoms with van der Waals surface area (Å²) in [7, 11) is 0. The third-order valence-electron chi connectivity index (χ3n) is 1.80. The zero-order valence-corrected chi connectivity index (χ0v) is 7.62. The summed E-state index contributed by atoms with van der Waals surface area (Å²) in [6.45, 7) is 0. The molecule has 0 aliphatic rings. The maximum Gasteiger partial charge on any atom is 0.354 e. The molecule has 0 atom stereocenters. The van der Waals surface area contributed by atoms with Crippen LogP contribution in [0.5, 0.6) is 0 Å². The zero-order valence-electron chi connectivity index (χ0n) is 7.62. The van der Waals surface area contributed by atoms with E-state index in [0.29, 0.717) is 17.8 Å². The lowest BCUT2D eigenvalue weighted by molar-refractivity contribution is 0.0690. The fraction of sp³-hybridized carbons (Fsp3) is 0.111. The van der Waals surface area contributed by atoms with E-state index in [1.54, 1.807) is 6.07 Å². The van der Waals surface area contributed by atoms with Gasteiger partial charge in [0.2, 0.25) is 0 Å². The van der Waals surface area contributed by atoms with Gasteiger partial charge in [-0.15, -0.1) is 0 Å². The Morgan fingerprint density at radius 1 is 1.40 bits per heavy atom. The SMILES string of the molecule is O=C(O)c1cc(Cc2ccon2)ncn1. The molecule has 0 fully saturated rings. The number of nitrogens with zero attached hydrogens (tertiary/aromatic N) is 3. The number of carbonyl (C=O) groups is 1. The third-order valence-corrected chi connectivity index (χ3v) is 1.80. The van der Waals surface area contributed by atoms with Crippen molar-refractivity contribution < 1.29 is 14.4 Å². The molecule has 2 aromatic rings. The Kier molecular flexibility index (Phi) is 2.40. The molecule has 6 heteroatoms. The molecular weight excluding hydrogens is 198 g/mol. The van der Waals surface area contributed by atoms with Gasteiger partial charge in [0.15, 0.2) is 5.69 Å². The number of carboxylic acids is 1. The van der Waals surface area contributed by atoms with Gasteiger partial charge in [-0.25, -0.2) is 14.8 Å². The molecule has 0 unspecified atom stereocenters. The summed E-state index contributed by atoms with van der Waals surface area (Å²) >= 11 is 0. The second kappa shape index (κ2) is 3.87. The summed E-state index contributed by atoms with van der Waals surface area (Å²) in [6.07, 6.45) is 3.10. The molecule has 0 aliphatic heterocycles. The first-order valence-corrected chi connectivity index (χ1v) is 4.19. The van der Waals surface area contributed by atoms with Crippen LogP contribution < -0.4 is 0 Å². The van der Waals surface area contributed by atoms with Gasteiger partial charge < -0.3 is 9.63 Å². The van der Waals surface area contributed by atoms with Crippen LogP contribution in [0.25, 0.3) is 0 Å². The first kappa shape index (κ1) is 9.32. The molecule has 2 heterocycles. The van der Waals surface area contributed by atoms with Crippen molar-refractivity contribution in [2.24, 2.45) is 0 Å². The van der Waals surface area contributed by atoms with Gasteiger partial charge in [-0.05, 0) is 6.07 Å². The van der Waals surface area contributed by atoms with E-state index in [0.717, 1.165) is 0 Å². The molecule has 15 heavy (non-hydrogen) atoms. The quantitative estimate of drug-likeness (QED) is 0.795. The van der Waals surface area contributed by atoms with Gasteiger partial charge in [-0.2, -0.15) is 0 Å². The van der Waals surface area contributed by atoms with Crippen molar-refractivity contribution in [1.82, 2.24) is 15.1 Å². The maximum atomic E-state index is 10.6. The molecule has 0 amide bonds. The summed E-state index contributed by atoms with van der Waals surface area (Å²) in [6, 6.07) is 3.11. The number of aromatic carboxylic acids is 1. The van der Waals surface area contributed by atoms with Crippen molar-refractivity contribution >= 4 is 5.97 Å². The number of rotatable bonds is 3. The Labute approximate surface area is 84.6 Å². The van der Waals surface area contributed by atoms with E-state index in [4.69, 9.17) is 5.11 Å². The molecular formula is C9H7N3O3. The number of aromatic nitrogens is 3. The van der Waals surface area contributed by atoms with Gasteiger partial charge in [0, 0.05) is 12.5 Å². The molecule has 76 valence electrons. The van der Waals surface area contributed by atoms with Crippen LogP contribution in [-0.4, -0.2) is 26.2 Å². The molecule has 0 saturated heterocycles. The fourth-order valence-corrected chi connectivity index (χ4v) is 1.13. The van der Waals surface area contributed by atoms with Crippen LogP contribution in [0.2, 0.25) is 0 Å². The Hall–Kier alpha value is -2.24. The first-order valence-electron chi connectivity index (χ1n) is 4.19. The van der Waals surface area contributed by atoms with Crippen molar-refractivity contribution in [1.29, 1.82) is 0 Å². The number of hydrogen-bond donors (Lipinski definition) is 1. The van der Waals surface area contributed by atoms with Gasteiger partial charge in [-0.1, -0.05) is 5.16 Å². The predicted octanol–water partition coefficient (Wildman–Crippen LogP) is 0.754. The molecule has 0 aliphatic carbocycles. The van der Waals surface area contributed by atoms with Gasteiger partial charge >= 0.3 is 5.97 Å². The second-order valence-corrected chi connectivity index (χ2v) is 2.87. The van der Waals surface area contributed by atoms with Crippen molar-refractivity contribution in [3.63, 3.8) is 0 Å². The van der Waals surface area contributed by atoms with E-state index in [2.05, 4.69) is 19.6 Å².